The molecule has 4 rings (SSSR count). The number of nitrogens with one attached hydrogen (secondary N) is 2. The Bertz CT molecular complexity index is 1380. The third kappa shape index (κ3) is 7.92. The van der Waals surface area contributed by atoms with Crippen LogP contribution in [0.25, 0.3) is 22.9 Å². The second-order valence-electron chi connectivity index (χ2n) is 9.42. The Balaban J connectivity index is 1.23. The van der Waals surface area contributed by atoms with Gasteiger partial charge in [0.25, 0.3) is 5.91 Å². The number of ether oxygens (including phenoxy) is 2. The zero-order valence-electron chi connectivity index (χ0n) is 23.0. The van der Waals surface area contributed by atoms with Gasteiger partial charge in [-0.3, -0.25) is 9.59 Å². The van der Waals surface area contributed by atoms with Crippen molar-refractivity contribution in [3.63, 3.8) is 0 Å². The molecule has 4 aromatic rings. The number of amides is 1. The van der Waals surface area contributed by atoms with Crippen LogP contribution in [0, 0.1) is 5.92 Å². The Morgan fingerprint density at radius 3 is 2.12 bits per heavy atom. The first kappa shape index (κ1) is 28.4. The highest BCUT2D eigenvalue weighted by Crippen LogP contribution is 2.26. The second kappa shape index (κ2) is 13.9. The number of hydrogen-bond acceptors (Lipinski definition) is 8. The van der Waals surface area contributed by atoms with E-state index in [-0.39, 0.29) is 24.8 Å². The maximum Gasteiger partial charge on any atom is 0.307 e. The number of carbonyl (C=O) groups is 2. The highest BCUT2D eigenvalue weighted by Gasteiger charge is 2.12. The van der Waals surface area contributed by atoms with E-state index in [9.17, 15) is 9.59 Å². The largest absolute Gasteiger partial charge is 0.497 e. The number of anilines is 1. The molecule has 0 aliphatic heterocycles. The molecule has 3 aromatic carbocycles. The first-order chi connectivity index (χ1) is 19.4. The van der Waals surface area contributed by atoms with Crippen LogP contribution in [-0.4, -0.2) is 48.9 Å². The number of benzene rings is 3. The molecule has 1 heterocycles. The minimum atomic E-state index is -0.321. The summed E-state index contributed by atoms with van der Waals surface area (Å²) in [6.07, 6.45) is 1.05. The van der Waals surface area contributed by atoms with Gasteiger partial charge < -0.3 is 24.5 Å². The Morgan fingerprint density at radius 2 is 1.52 bits per heavy atom. The molecule has 1 amide bonds. The Labute approximate surface area is 233 Å². The summed E-state index contributed by atoms with van der Waals surface area (Å²) in [6, 6.07) is 22.9. The van der Waals surface area contributed by atoms with Crippen molar-refractivity contribution in [3.05, 3.63) is 83.9 Å². The van der Waals surface area contributed by atoms with Crippen LogP contribution in [0.2, 0.25) is 0 Å². The van der Waals surface area contributed by atoms with Crippen molar-refractivity contribution in [1.29, 1.82) is 0 Å². The summed E-state index contributed by atoms with van der Waals surface area (Å²) in [5, 5.41) is 14.5. The highest BCUT2D eigenvalue weighted by atomic mass is 16.5. The monoisotopic (exact) mass is 542 g/mol. The Kier molecular flexibility index (Phi) is 9.88. The van der Waals surface area contributed by atoms with Crippen LogP contribution in [0.3, 0.4) is 0 Å². The van der Waals surface area contributed by atoms with Crippen LogP contribution in [0.1, 0.15) is 36.2 Å². The van der Waals surface area contributed by atoms with Crippen LogP contribution in [-0.2, 0) is 16.0 Å². The molecule has 9 heteroatoms. The molecule has 1 aromatic heterocycles. The third-order valence-corrected chi connectivity index (χ3v) is 6.27. The second-order valence-corrected chi connectivity index (χ2v) is 9.42. The van der Waals surface area contributed by atoms with Crippen LogP contribution in [0.5, 0.6) is 5.75 Å². The number of aromatic nitrogens is 2. The molecule has 0 saturated carbocycles. The summed E-state index contributed by atoms with van der Waals surface area (Å²) in [7, 11) is 1.63. The molecule has 0 bridgehead atoms. The number of methoxy groups -OCH3 is 1. The van der Waals surface area contributed by atoms with E-state index in [0.717, 1.165) is 35.5 Å². The first-order valence-corrected chi connectivity index (χ1v) is 13.3. The average Bonchev–Trinajstić information content (AvgIpc) is 3.47. The molecule has 0 aliphatic carbocycles. The molecule has 0 radical (unpaired) electrons. The lowest BCUT2D eigenvalue weighted by Gasteiger charge is -2.14. The molecule has 9 nitrogen and oxygen atoms in total. The molecular formula is C31H34N4O5. The summed E-state index contributed by atoms with van der Waals surface area (Å²) >= 11 is 0. The van der Waals surface area contributed by atoms with Crippen molar-refractivity contribution < 1.29 is 23.5 Å². The SMILES string of the molecule is CCOC(=O)CCNC(=O)c1ccc(NC[C@@H](C)Cc2ccc(-c3nnc(-c4ccc(OC)cc4)o3)cc2)cc1. The van der Waals surface area contributed by atoms with Crippen molar-refractivity contribution in [2.75, 3.05) is 32.1 Å². The average molecular weight is 543 g/mol. The van der Waals surface area contributed by atoms with Gasteiger partial charge in [0.15, 0.2) is 0 Å². The van der Waals surface area contributed by atoms with Gasteiger partial charge in [-0.25, -0.2) is 0 Å². The molecule has 0 unspecified atom stereocenters. The van der Waals surface area contributed by atoms with Gasteiger partial charge in [-0.05, 0) is 85.5 Å². The highest BCUT2D eigenvalue weighted by molar-refractivity contribution is 5.94. The summed E-state index contributed by atoms with van der Waals surface area (Å²) in [4.78, 5) is 23.7. The van der Waals surface area contributed by atoms with E-state index in [1.54, 1.807) is 26.2 Å². The van der Waals surface area contributed by atoms with Crippen molar-refractivity contribution in [2.45, 2.75) is 26.7 Å². The van der Waals surface area contributed by atoms with E-state index in [0.29, 0.717) is 29.9 Å². The normalized spacial score (nSPS) is 11.5. The molecule has 0 saturated heterocycles. The van der Waals surface area contributed by atoms with Crippen molar-refractivity contribution in [3.8, 4) is 28.7 Å². The molecule has 0 fully saturated rings. The molecule has 208 valence electrons. The number of rotatable bonds is 13. The van der Waals surface area contributed by atoms with Crippen LogP contribution >= 0.6 is 0 Å². The minimum absolute atomic E-state index is 0.155. The zero-order valence-corrected chi connectivity index (χ0v) is 23.0. The standard InChI is InChI=1S/C31H34N4O5/c1-4-39-28(36)17-18-32-29(37)23-9-13-26(14-10-23)33-20-21(2)19-22-5-7-24(8-6-22)30-34-35-31(40-30)25-11-15-27(38-3)16-12-25/h5-16,21,33H,4,17-20H2,1-3H3,(H,32,37)/t21-/m0/s1. The lowest BCUT2D eigenvalue weighted by molar-refractivity contribution is -0.142. The first-order valence-electron chi connectivity index (χ1n) is 13.3. The van der Waals surface area contributed by atoms with Crippen molar-refractivity contribution >= 4 is 17.6 Å². The molecule has 0 aliphatic rings. The Morgan fingerprint density at radius 1 is 0.900 bits per heavy atom. The van der Waals surface area contributed by atoms with E-state index in [1.165, 1.54) is 5.56 Å². The lowest BCUT2D eigenvalue weighted by atomic mass is 10.00. The smallest absolute Gasteiger partial charge is 0.307 e. The summed E-state index contributed by atoms with van der Waals surface area (Å²) in [5.74, 6) is 1.55. The third-order valence-electron chi connectivity index (χ3n) is 6.27. The lowest BCUT2D eigenvalue weighted by Crippen LogP contribution is -2.26. The molecular weight excluding hydrogens is 508 g/mol. The van der Waals surface area contributed by atoms with E-state index in [2.05, 4.69) is 39.9 Å². The van der Waals surface area contributed by atoms with Crippen LogP contribution < -0.4 is 15.4 Å². The van der Waals surface area contributed by atoms with Gasteiger partial charge in [-0.1, -0.05) is 19.1 Å². The maximum absolute atomic E-state index is 12.3. The van der Waals surface area contributed by atoms with Gasteiger partial charge in [0.1, 0.15) is 5.75 Å². The summed E-state index contributed by atoms with van der Waals surface area (Å²) in [5.41, 5.74) is 4.39. The van der Waals surface area contributed by atoms with Gasteiger partial charge in [0.2, 0.25) is 11.8 Å². The predicted molar refractivity (Wildman–Crippen MR) is 153 cm³/mol. The molecule has 0 spiro atoms. The van der Waals surface area contributed by atoms with Gasteiger partial charge in [-0.15, -0.1) is 10.2 Å². The molecule has 1 atom stereocenters. The summed E-state index contributed by atoms with van der Waals surface area (Å²) < 4.78 is 15.9. The topological polar surface area (TPSA) is 116 Å². The zero-order chi connectivity index (χ0) is 28.3. The summed E-state index contributed by atoms with van der Waals surface area (Å²) in [6.45, 7) is 5.30. The number of nitrogens with zero attached hydrogens (tertiary/aromatic N) is 2. The fraction of sp³-hybridized carbons (Fsp3) is 0.290. The van der Waals surface area contributed by atoms with E-state index in [1.807, 2.05) is 48.5 Å². The fourth-order valence-electron chi connectivity index (χ4n) is 4.09. The van der Waals surface area contributed by atoms with Crippen LogP contribution in [0.15, 0.2) is 77.2 Å². The fourth-order valence-corrected chi connectivity index (χ4v) is 4.09. The van der Waals surface area contributed by atoms with Crippen molar-refractivity contribution in [1.82, 2.24) is 15.5 Å². The van der Waals surface area contributed by atoms with Crippen LogP contribution in [0.4, 0.5) is 5.69 Å². The predicted octanol–water partition coefficient (Wildman–Crippen LogP) is 5.39. The van der Waals surface area contributed by atoms with Gasteiger partial charge in [-0.2, -0.15) is 0 Å². The number of carbonyl (C=O) groups excluding carboxylic acids is 2. The number of esters is 1. The molecule has 2 N–H and O–H groups in total. The maximum atomic E-state index is 12.3. The van der Waals surface area contributed by atoms with E-state index >= 15 is 0 Å². The van der Waals surface area contributed by atoms with E-state index < -0.39 is 0 Å². The van der Waals surface area contributed by atoms with Gasteiger partial charge >= 0.3 is 5.97 Å². The van der Waals surface area contributed by atoms with E-state index in [4.69, 9.17) is 13.9 Å². The van der Waals surface area contributed by atoms with Gasteiger partial charge in [0.05, 0.1) is 20.1 Å². The minimum Gasteiger partial charge on any atom is -0.497 e. The number of hydrogen-bond donors (Lipinski definition) is 2. The van der Waals surface area contributed by atoms with Gasteiger partial charge in [0, 0.05) is 35.5 Å². The Hall–Kier alpha value is -4.66. The molecule has 40 heavy (non-hydrogen) atoms. The quantitative estimate of drug-likeness (QED) is 0.216. The van der Waals surface area contributed by atoms with Crippen molar-refractivity contribution in [2.24, 2.45) is 5.92 Å².